The molecule has 0 saturated carbocycles. The predicted octanol–water partition coefficient (Wildman–Crippen LogP) is 1.32. The third kappa shape index (κ3) is 3.50. The lowest BCUT2D eigenvalue weighted by atomic mass is 10.1. The molecule has 2 aromatic carbocycles. The standard InChI is InChI=1S/C19H17N5O3/c25-17(20-10-16-21-13-7-3-4-8-14(13)22-16)9-15-19(27)23-12-6-2-1-5-11(12)18(26)24-15/h1-8,15H,9-10H2,(H,20,25)(H,21,22)(H,23,27)(H,24,26). The summed E-state index contributed by atoms with van der Waals surface area (Å²) in [5.41, 5.74) is 2.51. The highest BCUT2D eigenvalue weighted by Gasteiger charge is 2.29. The van der Waals surface area contributed by atoms with E-state index in [-0.39, 0.29) is 24.8 Å². The highest BCUT2D eigenvalue weighted by molar-refractivity contribution is 6.10. The number of hydrogen-bond donors (Lipinski definition) is 4. The van der Waals surface area contributed by atoms with Crippen LogP contribution in [0.3, 0.4) is 0 Å². The molecule has 27 heavy (non-hydrogen) atoms. The van der Waals surface area contributed by atoms with Gasteiger partial charge in [-0.15, -0.1) is 0 Å². The average Bonchev–Trinajstić information content (AvgIpc) is 3.04. The Balaban J connectivity index is 1.39. The van der Waals surface area contributed by atoms with Crippen LogP contribution >= 0.6 is 0 Å². The molecule has 8 heteroatoms. The summed E-state index contributed by atoms with van der Waals surface area (Å²) in [6, 6.07) is 13.3. The van der Waals surface area contributed by atoms with Crippen molar-refractivity contribution < 1.29 is 14.4 Å². The quantitative estimate of drug-likeness (QED) is 0.559. The number of imidazole rings is 1. The molecule has 0 spiro atoms. The van der Waals surface area contributed by atoms with Crippen molar-refractivity contribution >= 4 is 34.4 Å². The Kier molecular flexibility index (Phi) is 4.29. The van der Waals surface area contributed by atoms with E-state index >= 15 is 0 Å². The smallest absolute Gasteiger partial charge is 0.254 e. The van der Waals surface area contributed by atoms with Gasteiger partial charge in [0.25, 0.3) is 5.91 Å². The van der Waals surface area contributed by atoms with Gasteiger partial charge in [-0.2, -0.15) is 0 Å². The maximum absolute atomic E-state index is 12.3. The van der Waals surface area contributed by atoms with Gasteiger partial charge in [0.2, 0.25) is 11.8 Å². The molecule has 136 valence electrons. The molecular weight excluding hydrogens is 346 g/mol. The van der Waals surface area contributed by atoms with Crippen LogP contribution in [0.5, 0.6) is 0 Å². The maximum Gasteiger partial charge on any atom is 0.254 e. The fourth-order valence-electron chi connectivity index (χ4n) is 2.98. The van der Waals surface area contributed by atoms with Gasteiger partial charge in [0.1, 0.15) is 11.9 Å². The van der Waals surface area contributed by atoms with E-state index in [0.717, 1.165) is 11.0 Å². The van der Waals surface area contributed by atoms with Crippen molar-refractivity contribution in [2.45, 2.75) is 19.0 Å². The van der Waals surface area contributed by atoms with Crippen molar-refractivity contribution in [1.29, 1.82) is 0 Å². The first-order valence-corrected chi connectivity index (χ1v) is 8.51. The number of nitrogens with zero attached hydrogens (tertiary/aromatic N) is 1. The number of nitrogens with one attached hydrogen (secondary N) is 4. The summed E-state index contributed by atoms with van der Waals surface area (Å²) in [6.45, 7) is 0.204. The van der Waals surface area contributed by atoms with E-state index in [1.54, 1.807) is 24.3 Å². The van der Waals surface area contributed by atoms with Crippen LogP contribution in [0.15, 0.2) is 48.5 Å². The summed E-state index contributed by atoms with van der Waals surface area (Å²) < 4.78 is 0. The van der Waals surface area contributed by atoms with Crippen LogP contribution in [-0.4, -0.2) is 33.7 Å². The third-order valence-corrected chi connectivity index (χ3v) is 4.33. The Morgan fingerprint density at radius 3 is 2.70 bits per heavy atom. The second-order valence-corrected chi connectivity index (χ2v) is 6.24. The van der Waals surface area contributed by atoms with Crippen molar-refractivity contribution in [3.8, 4) is 0 Å². The van der Waals surface area contributed by atoms with Crippen LogP contribution in [-0.2, 0) is 16.1 Å². The van der Waals surface area contributed by atoms with Crippen LogP contribution in [0.1, 0.15) is 22.6 Å². The molecule has 1 atom stereocenters. The number of aromatic amines is 1. The second-order valence-electron chi connectivity index (χ2n) is 6.24. The lowest BCUT2D eigenvalue weighted by molar-refractivity contribution is -0.125. The molecule has 4 rings (SSSR count). The number of benzene rings is 2. The van der Waals surface area contributed by atoms with Gasteiger partial charge >= 0.3 is 0 Å². The zero-order valence-corrected chi connectivity index (χ0v) is 14.3. The molecule has 1 aliphatic heterocycles. The minimum atomic E-state index is -0.944. The molecule has 1 unspecified atom stereocenters. The number of amides is 3. The summed E-state index contributed by atoms with van der Waals surface area (Å²) in [5.74, 6) is -0.556. The summed E-state index contributed by atoms with van der Waals surface area (Å²) in [7, 11) is 0. The number of carbonyl (C=O) groups is 3. The highest BCUT2D eigenvalue weighted by atomic mass is 16.2. The van der Waals surface area contributed by atoms with Gasteiger partial charge in [-0.1, -0.05) is 24.3 Å². The van der Waals surface area contributed by atoms with Gasteiger partial charge in [0, 0.05) is 0 Å². The van der Waals surface area contributed by atoms with Crippen LogP contribution in [0.2, 0.25) is 0 Å². The van der Waals surface area contributed by atoms with Gasteiger partial charge in [-0.3, -0.25) is 14.4 Å². The van der Waals surface area contributed by atoms with E-state index in [9.17, 15) is 14.4 Å². The number of fused-ring (bicyclic) bond motifs is 2. The molecule has 0 saturated heterocycles. The first kappa shape index (κ1) is 16.8. The normalized spacial score (nSPS) is 16.2. The van der Waals surface area contributed by atoms with E-state index in [0.29, 0.717) is 17.1 Å². The Hall–Kier alpha value is -3.68. The lowest BCUT2D eigenvalue weighted by Crippen LogP contribution is -2.44. The minimum Gasteiger partial charge on any atom is -0.349 e. The minimum absolute atomic E-state index is 0.161. The zero-order chi connectivity index (χ0) is 18.8. The molecule has 4 N–H and O–H groups in total. The SMILES string of the molecule is O=C(CC1NC(=O)c2ccccc2NC1=O)NCc1nc2ccccc2[nH]1. The fourth-order valence-corrected chi connectivity index (χ4v) is 2.98. The molecule has 8 nitrogen and oxygen atoms in total. The zero-order valence-electron chi connectivity index (χ0n) is 14.3. The van der Waals surface area contributed by atoms with Gasteiger partial charge in [0.15, 0.2) is 0 Å². The first-order chi connectivity index (χ1) is 13.1. The van der Waals surface area contributed by atoms with Gasteiger partial charge in [-0.05, 0) is 24.3 Å². The molecule has 0 fully saturated rings. The average molecular weight is 363 g/mol. The van der Waals surface area contributed by atoms with Gasteiger partial charge in [0.05, 0.1) is 35.2 Å². The molecule has 0 bridgehead atoms. The summed E-state index contributed by atoms with van der Waals surface area (Å²) >= 11 is 0. The van der Waals surface area contributed by atoms with E-state index in [1.165, 1.54) is 0 Å². The first-order valence-electron chi connectivity index (χ1n) is 8.51. The van der Waals surface area contributed by atoms with Crippen molar-refractivity contribution in [2.24, 2.45) is 0 Å². The Labute approximate surface area is 154 Å². The van der Waals surface area contributed by atoms with Crippen molar-refractivity contribution in [1.82, 2.24) is 20.6 Å². The number of aromatic nitrogens is 2. The number of rotatable bonds is 4. The molecule has 3 amide bonds. The number of anilines is 1. The molecule has 2 heterocycles. The Morgan fingerprint density at radius 1 is 1.07 bits per heavy atom. The monoisotopic (exact) mass is 363 g/mol. The number of hydrogen-bond acceptors (Lipinski definition) is 4. The maximum atomic E-state index is 12.3. The number of para-hydroxylation sites is 3. The molecule has 0 radical (unpaired) electrons. The van der Waals surface area contributed by atoms with E-state index in [1.807, 2.05) is 24.3 Å². The predicted molar refractivity (Wildman–Crippen MR) is 98.9 cm³/mol. The topological polar surface area (TPSA) is 116 Å². The highest BCUT2D eigenvalue weighted by Crippen LogP contribution is 2.18. The molecular formula is C19H17N5O3. The molecule has 1 aliphatic rings. The second kappa shape index (κ2) is 6.91. The van der Waals surface area contributed by atoms with Crippen molar-refractivity contribution in [3.05, 3.63) is 59.9 Å². The van der Waals surface area contributed by atoms with E-state index in [4.69, 9.17) is 0 Å². The van der Waals surface area contributed by atoms with Crippen LogP contribution in [0.25, 0.3) is 11.0 Å². The Bertz CT molecular complexity index is 1010. The number of H-pyrrole nitrogens is 1. The molecule has 0 aliphatic carbocycles. The van der Waals surface area contributed by atoms with Crippen molar-refractivity contribution in [2.75, 3.05) is 5.32 Å². The molecule has 3 aromatic rings. The fraction of sp³-hybridized carbons (Fsp3) is 0.158. The van der Waals surface area contributed by atoms with Crippen LogP contribution in [0.4, 0.5) is 5.69 Å². The van der Waals surface area contributed by atoms with E-state index in [2.05, 4.69) is 25.9 Å². The van der Waals surface area contributed by atoms with E-state index < -0.39 is 11.9 Å². The Morgan fingerprint density at radius 2 is 1.85 bits per heavy atom. The summed E-state index contributed by atoms with van der Waals surface area (Å²) in [6.07, 6.45) is -0.161. The largest absolute Gasteiger partial charge is 0.349 e. The van der Waals surface area contributed by atoms with Gasteiger partial charge < -0.3 is 20.9 Å². The molecule has 1 aromatic heterocycles. The summed E-state index contributed by atoms with van der Waals surface area (Å²) in [4.78, 5) is 44.3. The third-order valence-electron chi connectivity index (χ3n) is 4.33. The van der Waals surface area contributed by atoms with Crippen LogP contribution in [0, 0.1) is 0 Å². The summed E-state index contributed by atoms with van der Waals surface area (Å²) in [5, 5.41) is 8.00. The van der Waals surface area contributed by atoms with Crippen LogP contribution < -0.4 is 16.0 Å². The number of carbonyl (C=O) groups excluding carboxylic acids is 3. The lowest BCUT2D eigenvalue weighted by Gasteiger charge is -2.14. The van der Waals surface area contributed by atoms with Crippen molar-refractivity contribution in [3.63, 3.8) is 0 Å². The van der Waals surface area contributed by atoms with Gasteiger partial charge in [-0.25, -0.2) is 4.98 Å².